The van der Waals surface area contributed by atoms with Crippen molar-refractivity contribution < 1.29 is 9.90 Å². The number of rotatable bonds is 14. The molecule has 0 unspecified atom stereocenters. The van der Waals surface area contributed by atoms with Crippen molar-refractivity contribution in [3.05, 3.63) is 60.7 Å². The van der Waals surface area contributed by atoms with Gasteiger partial charge in [-0.05, 0) is 38.5 Å². The van der Waals surface area contributed by atoms with Crippen LogP contribution in [0.5, 0.6) is 0 Å². The van der Waals surface area contributed by atoms with Gasteiger partial charge in [0.05, 0.1) is 0 Å². The molecular formula is C24H40BeO2. The van der Waals surface area contributed by atoms with Crippen molar-refractivity contribution in [3.63, 3.8) is 0 Å². The molecule has 0 heterocycles. The number of unbranched alkanes of at least 4 members (excludes halogenated alkanes) is 8. The third-order valence-corrected chi connectivity index (χ3v) is 4.01. The first-order chi connectivity index (χ1) is 12.8. The van der Waals surface area contributed by atoms with Crippen LogP contribution in [0.25, 0.3) is 0 Å². The van der Waals surface area contributed by atoms with E-state index >= 15 is 0 Å². The Kier molecular flexibility index (Phi) is 24.8. The molecule has 0 spiro atoms. The topological polar surface area (TPSA) is 37.3 Å². The van der Waals surface area contributed by atoms with Crippen molar-refractivity contribution in [3.8, 4) is 0 Å². The molecule has 2 nitrogen and oxygen atoms in total. The van der Waals surface area contributed by atoms with Crippen molar-refractivity contribution in [1.29, 1.82) is 0 Å². The average Bonchev–Trinajstić information content (AvgIpc) is 2.66. The van der Waals surface area contributed by atoms with Crippen molar-refractivity contribution in [2.75, 3.05) is 0 Å². The van der Waals surface area contributed by atoms with E-state index in [1.54, 1.807) is 0 Å². The first-order valence-electron chi connectivity index (χ1n) is 10.3. The van der Waals surface area contributed by atoms with Crippen molar-refractivity contribution >= 4 is 16.1 Å². The number of hydrogen-bond acceptors (Lipinski definition) is 1. The number of carboxylic acid groups (broad SMARTS) is 1. The van der Waals surface area contributed by atoms with Gasteiger partial charge < -0.3 is 5.11 Å². The summed E-state index contributed by atoms with van der Waals surface area (Å²) in [6.45, 7) is 2.23. The maximum absolute atomic E-state index is 10.3. The van der Waals surface area contributed by atoms with Gasteiger partial charge in [0.1, 0.15) is 0 Å². The van der Waals surface area contributed by atoms with Gasteiger partial charge in [-0.15, -0.1) is 0 Å². The second-order valence-corrected chi connectivity index (χ2v) is 6.53. The summed E-state index contributed by atoms with van der Waals surface area (Å²) in [7, 11) is 0. The largest absolute Gasteiger partial charge is 0.0623 e. The Morgan fingerprint density at radius 3 is 1.63 bits per heavy atom. The number of aliphatic carboxylic acids is 1. The minimum Gasteiger partial charge on any atom is -0.0623 e. The third-order valence-electron chi connectivity index (χ3n) is 4.01. The first-order valence-corrected chi connectivity index (χ1v) is 10.3. The second-order valence-electron chi connectivity index (χ2n) is 6.53. The summed E-state index contributed by atoms with van der Waals surface area (Å²) < 4.78 is 0. The fraction of sp³-hybridized carbons (Fsp3) is 0.542. The Hall–Kier alpha value is -1.66. The van der Waals surface area contributed by atoms with Gasteiger partial charge in [0, 0.05) is 6.42 Å². The third kappa shape index (κ3) is 26.7. The van der Waals surface area contributed by atoms with Crippen molar-refractivity contribution in [1.82, 2.24) is 0 Å². The summed E-state index contributed by atoms with van der Waals surface area (Å²) >= 11 is 0. The zero-order valence-corrected chi connectivity index (χ0v) is 16.6. The molecular weight excluding hydrogens is 329 g/mol. The predicted molar refractivity (Wildman–Crippen MR) is 122 cm³/mol. The number of benzene rings is 1. The minimum atomic E-state index is -0.671. The molecule has 1 aromatic carbocycles. The van der Waals surface area contributed by atoms with Crippen LogP contribution in [0.3, 0.4) is 0 Å². The van der Waals surface area contributed by atoms with Crippen LogP contribution in [0.2, 0.25) is 0 Å². The smallest absolute Gasteiger partial charge is 0.0623 e. The number of allylic oxidation sites excluding steroid dienone is 4. The molecule has 0 fully saturated rings. The SMILES string of the molecule is CCCCC/C=C\C/C=C\CCCCCCCC(=O)O.[BeH2].c1ccccc1. The van der Waals surface area contributed by atoms with Gasteiger partial charge in [0.2, 0.25) is 0 Å². The Morgan fingerprint density at radius 1 is 0.704 bits per heavy atom. The molecule has 0 bridgehead atoms. The zero-order valence-electron chi connectivity index (χ0n) is 16.6. The average molecular weight is 370 g/mol. The molecule has 0 amide bonds. The number of carboxylic acids is 1. The first kappa shape index (κ1) is 27.6. The predicted octanol–water partition coefficient (Wildman–Crippen LogP) is 6.65. The van der Waals surface area contributed by atoms with E-state index in [1.165, 1.54) is 44.9 Å². The van der Waals surface area contributed by atoms with E-state index in [4.69, 9.17) is 5.11 Å². The van der Waals surface area contributed by atoms with Gasteiger partial charge in [-0.2, -0.15) is 0 Å². The summed E-state index contributed by atoms with van der Waals surface area (Å²) in [5, 5.41) is 8.50. The molecule has 0 atom stereocenters. The standard InChI is InChI=1S/C18H32O2.C6H6.Be.2H/c1-2-3-4-5-6-7-8-9-10-11-12-13-14-15-16-17-18(19)20;1-2-4-6-5-3-1;;;/h6-7,9-10H,2-5,8,11-17H2,1H3,(H,19,20);1-6H;;;/b7-6-,10-9-;;;;. The monoisotopic (exact) mass is 369 g/mol. The fourth-order valence-corrected chi connectivity index (χ4v) is 2.47. The normalized spacial score (nSPS) is 10.4. The van der Waals surface area contributed by atoms with Crippen molar-refractivity contribution in [2.45, 2.75) is 84.0 Å². The van der Waals surface area contributed by atoms with Crippen LogP contribution in [0.4, 0.5) is 0 Å². The maximum Gasteiger partial charge on any atom is -0.0623 e. The summed E-state index contributed by atoms with van der Waals surface area (Å²) in [6.07, 6.45) is 22.3. The van der Waals surface area contributed by atoms with E-state index in [1.807, 2.05) is 36.4 Å². The molecule has 0 saturated heterocycles. The maximum atomic E-state index is 10.3. The van der Waals surface area contributed by atoms with E-state index in [0.29, 0.717) is 6.42 Å². The molecule has 150 valence electrons. The molecule has 0 aliphatic carbocycles. The molecule has 27 heavy (non-hydrogen) atoms. The van der Waals surface area contributed by atoms with Crippen LogP contribution < -0.4 is 0 Å². The van der Waals surface area contributed by atoms with Gasteiger partial charge in [-0.25, -0.2) is 0 Å². The van der Waals surface area contributed by atoms with Gasteiger partial charge >= 0.3 is 16.1 Å². The van der Waals surface area contributed by atoms with E-state index in [9.17, 15) is 4.79 Å². The molecule has 0 aliphatic rings. The van der Waals surface area contributed by atoms with E-state index in [-0.39, 0.29) is 10.1 Å². The minimum absolute atomic E-state index is 0. The zero-order chi connectivity index (χ0) is 19.1. The molecule has 0 saturated carbocycles. The Labute approximate surface area is 171 Å². The van der Waals surface area contributed by atoms with Crippen LogP contribution in [-0.2, 0) is 4.79 Å². The molecule has 0 radical (unpaired) electrons. The van der Waals surface area contributed by atoms with Crippen LogP contribution in [0.1, 0.15) is 84.0 Å². The molecule has 1 rings (SSSR count). The Balaban J connectivity index is 0. The summed E-state index contributed by atoms with van der Waals surface area (Å²) in [4.78, 5) is 10.3. The van der Waals surface area contributed by atoms with Gasteiger partial charge in [0.15, 0.2) is 0 Å². The molecule has 3 heteroatoms. The molecule has 1 N–H and O–H groups in total. The van der Waals surface area contributed by atoms with E-state index in [0.717, 1.165) is 25.7 Å². The molecule has 1 aromatic rings. The Morgan fingerprint density at radius 2 is 1.15 bits per heavy atom. The van der Waals surface area contributed by atoms with Gasteiger partial charge in [0.25, 0.3) is 0 Å². The van der Waals surface area contributed by atoms with Crippen molar-refractivity contribution in [2.24, 2.45) is 0 Å². The summed E-state index contributed by atoms with van der Waals surface area (Å²) in [5.41, 5.74) is 0. The second kappa shape index (κ2) is 24.3. The van der Waals surface area contributed by atoms with Gasteiger partial charge in [-0.3, -0.25) is 4.79 Å². The quantitative estimate of drug-likeness (QED) is 0.226. The van der Waals surface area contributed by atoms with E-state index in [2.05, 4.69) is 31.2 Å². The van der Waals surface area contributed by atoms with Crippen LogP contribution in [0.15, 0.2) is 60.7 Å². The Bertz CT molecular complexity index is 428. The van der Waals surface area contributed by atoms with Crippen LogP contribution in [0, 0.1) is 0 Å². The van der Waals surface area contributed by atoms with E-state index < -0.39 is 5.97 Å². The van der Waals surface area contributed by atoms with Crippen LogP contribution >= 0.6 is 0 Å². The molecule has 0 aromatic heterocycles. The fourth-order valence-electron chi connectivity index (χ4n) is 2.47. The van der Waals surface area contributed by atoms with Gasteiger partial charge in [-0.1, -0.05) is 99.7 Å². The number of carbonyl (C=O) groups is 1. The van der Waals surface area contributed by atoms with Crippen LogP contribution in [-0.4, -0.2) is 21.2 Å². The summed E-state index contributed by atoms with van der Waals surface area (Å²) in [5.74, 6) is -0.671. The summed E-state index contributed by atoms with van der Waals surface area (Å²) in [6, 6.07) is 12.0. The molecule has 0 aliphatic heterocycles. The number of hydrogen-bond donors (Lipinski definition) is 1.